The summed E-state index contributed by atoms with van der Waals surface area (Å²) >= 11 is 0. The Kier molecular flexibility index (Phi) is 2.56. The number of nitrogens with zero attached hydrogens (tertiary/aromatic N) is 2. The zero-order valence-corrected chi connectivity index (χ0v) is 9.01. The summed E-state index contributed by atoms with van der Waals surface area (Å²) in [4.78, 5) is 4.27. The molecule has 0 aliphatic carbocycles. The Bertz CT molecular complexity index is 459. The Morgan fingerprint density at radius 3 is 2.67 bits per heavy atom. The quantitative estimate of drug-likeness (QED) is 0.804. The van der Waals surface area contributed by atoms with Gasteiger partial charge in [-0.3, -0.25) is 0 Å². The van der Waals surface area contributed by atoms with E-state index >= 15 is 0 Å². The van der Waals surface area contributed by atoms with Gasteiger partial charge in [0, 0.05) is 13.2 Å². The first-order valence-corrected chi connectivity index (χ1v) is 4.97. The van der Waals surface area contributed by atoms with E-state index in [1.165, 1.54) is 5.56 Å². The van der Waals surface area contributed by atoms with Crippen LogP contribution in [0.1, 0.15) is 22.9 Å². The van der Waals surface area contributed by atoms with E-state index in [9.17, 15) is 0 Å². The zero-order chi connectivity index (χ0) is 10.8. The topological polar surface area (TPSA) is 43.8 Å². The van der Waals surface area contributed by atoms with Crippen molar-refractivity contribution in [3.05, 3.63) is 53.6 Å². The van der Waals surface area contributed by atoms with Gasteiger partial charge in [-0.2, -0.15) is 0 Å². The van der Waals surface area contributed by atoms with E-state index in [2.05, 4.69) is 24.0 Å². The van der Waals surface area contributed by atoms with E-state index in [-0.39, 0.29) is 6.04 Å². The van der Waals surface area contributed by atoms with E-state index in [1.54, 1.807) is 6.33 Å². The molecule has 1 unspecified atom stereocenters. The van der Waals surface area contributed by atoms with Crippen LogP contribution in [0, 0.1) is 6.92 Å². The SMILES string of the molecule is Cc1ccccc1C(N)c1cn(C)cn1. The van der Waals surface area contributed by atoms with E-state index in [1.807, 2.05) is 29.9 Å². The van der Waals surface area contributed by atoms with E-state index < -0.39 is 0 Å². The molecule has 2 aromatic rings. The van der Waals surface area contributed by atoms with Crippen LogP contribution in [0.5, 0.6) is 0 Å². The summed E-state index contributed by atoms with van der Waals surface area (Å²) in [6, 6.07) is 8.01. The molecule has 0 radical (unpaired) electrons. The lowest BCUT2D eigenvalue weighted by atomic mass is 10.0. The molecule has 2 rings (SSSR count). The Labute approximate surface area is 89.6 Å². The Hall–Kier alpha value is -1.61. The number of hydrogen-bond acceptors (Lipinski definition) is 2. The first kappa shape index (κ1) is 9.93. The van der Waals surface area contributed by atoms with Crippen LogP contribution in [0.15, 0.2) is 36.8 Å². The lowest BCUT2D eigenvalue weighted by molar-refractivity contribution is 0.827. The molecular formula is C12H15N3. The van der Waals surface area contributed by atoms with Crippen molar-refractivity contribution in [2.24, 2.45) is 12.8 Å². The third-order valence-electron chi connectivity index (χ3n) is 2.57. The predicted molar refractivity (Wildman–Crippen MR) is 60.4 cm³/mol. The molecule has 1 atom stereocenters. The van der Waals surface area contributed by atoms with Crippen LogP contribution < -0.4 is 5.73 Å². The molecule has 0 fully saturated rings. The van der Waals surface area contributed by atoms with Crippen LogP contribution in [-0.4, -0.2) is 9.55 Å². The van der Waals surface area contributed by atoms with Crippen molar-refractivity contribution in [3.63, 3.8) is 0 Å². The smallest absolute Gasteiger partial charge is 0.0947 e. The van der Waals surface area contributed by atoms with Crippen LogP contribution in [0.2, 0.25) is 0 Å². The minimum absolute atomic E-state index is 0.132. The molecule has 2 N–H and O–H groups in total. The fraction of sp³-hybridized carbons (Fsp3) is 0.250. The molecule has 0 saturated carbocycles. The highest BCUT2D eigenvalue weighted by Gasteiger charge is 2.12. The summed E-state index contributed by atoms with van der Waals surface area (Å²) in [5.74, 6) is 0. The fourth-order valence-corrected chi connectivity index (χ4v) is 1.69. The van der Waals surface area contributed by atoms with Gasteiger partial charge in [0.1, 0.15) is 0 Å². The summed E-state index contributed by atoms with van der Waals surface area (Å²) in [7, 11) is 1.95. The average molecular weight is 201 g/mol. The third-order valence-corrected chi connectivity index (χ3v) is 2.57. The van der Waals surface area contributed by atoms with Crippen molar-refractivity contribution in [1.29, 1.82) is 0 Å². The lowest BCUT2D eigenvalue weighted by Gasteiger charge is -2.11. The maximum absolute atomic E-state index is 6.15. The Morgan fingerprint density at radius 2 is 2.07 bits per heavy atom. The van der Waals surface area contributed by atoms with Crippen LogP contribution in [-0.2, 0) is 7.05 Å². The lowest BCUT2D eigenvalue weighted by Crippen LogP contribution is -2.13. The van der Waals surface area contributed by atoms with Crippen molar-refractivity contribution < 1.29 is 0 Å². The minimum atomic E-state index is -0.132. The van der Waals surface area contributed by atoms with Crippen molar-refractivity contribution in [3.8, 4) is 0 Å². The summed E-state index contributed by atoms with van der Waals surface area (Å²) in [6.07, 6.45) is 3.73. The summed E-state index contributed by atoms with van der Waals surface area (Å²) < 4.78 is 1.91. The minimum Gasteiger partial charge on any atom is -0.340 e. The molecule has 78 valence electrons. The zero-order valence-electron chi connectivity index (χ0n) is 9.01. The molecule has 1 aromatic heterocycles. The number of aryl methyl sites for hydroxylation is 2. The Morgan fingerprint density at radius 1 is 1.33 bits per heavy atom. The monoisotopic (exact) mass is 201 g/mol. The predicted octanol–water partition coefficient (Wildman–Crippen LogP) is 1.78. The standard InChI is InChI=1S/C12H15N3/c1-9-5-3-4-6-10(9)12(13)11-7-15(2)8-14-11/h3-8,12H,13H2,1-2H3. The van der Waals surface area contributed by atoms with Gasteiger partial charge in [-0.05, 0) is 18.1 Å². The largest absolute Gasteiger partial charge is 0.340 e. The molecule has 0 saturated heterocycles. The fourth-order valence-electron chi connectivity index (χ4n) is 1.69. The van der Waals surface area contributed by atoms with Crippen LogP contribution in [0.25, 0.3) is 0 Å². The maximum atomic E-state index is 6.15. The van der Waals surface area contributed by atoms with Crippen LogP contribution in [0.3, 0.4) is 0 Å². The average Bonchev–Trinajstić information content (AvgIpc) is 2.65. The van der Waals surface area contributed by atoms with Gasteiger partial charge >= 0.3 is 0 Å². The number of hydrogen-bond donors (Lipinski definition) is 1. The molecule has 3 nitrogen and oxygen atoms in total. The molecule has 0 amide bonds. The molecular weight excluding hydrogens is 186 g/mol. The second kappa shape index (κ2) is 3.87. The van der Waals surface area contributed by atoms with E-state index in [0.29, 0.717) is 0 Å². The Balaban J connectivity index is 2.36. The van der Waals surface area contributed by atoms with Crippen molar-refractivity contribution in [2.45, 2.75) is 13.0 Å². The molecule has 0 bridgehead atoms. The highest BCUT2D eigenvalue weighted by Crippen LogP contribution is 2.20. The van der Waals surface area contributed by atoms with Gasteiger partial charge in [0.15, 0.2) is 0 Å². The molecule has 15 heavy (non-hydrogen) atoms. The number of aromatic nitrogens is 2. The third kappa shape index (κ3) is 1.92. The first-order valence-electron chi connectivity index (χ1n) is 4.97. The number of imidazole rings is 1. The number of benzene rings is 1. The second-order valence-corrected chi connectivity index (χ2v) is 3.80. The summed E-state index contributed by atoms with van der Waals surface area (Å²) in [5, 5.41) is 0. The molecule has 0 spiro atoms. The molecule has 0 aliphatic heterocycles. The van der Waals surface area contributed by atoms with Crippen LogP contribution >= 0.6 is 0 Å². The van der Waals surface area contributed by atoms with Crippen molar-refractivity contribution in [2.75, 3.05) is 0 Å². The van der Waals surface area contributed by atoms with E-state index in [4.69, 9.17) is 5.73 Å². The van der Waals surface area contributed by atoms with Crippen molar-refractivity contribution in [1.82, 2.24) is 9.55 Å². The van der Waals surface area contributed by atoms with Gasteiger partial charge in [0.25, 0.3) is 0 Å². The number of nitrogens with two attached hydrogens (primary N) is 1. The molecule has 1 aromatic carbocycles. The number of rotatable bonds is 2. The van der Waals surface area contributed by atoms with E-state index in [0.717, 1.165) is 11.3 Å². The van der Waals surface area contributed by atoms with Crippen LogP contribution in [0.4, 0.5) is 0 Å². The molecule has 3 heteroatoms. The second-order valence-electron chi connectivity index (χ2n) is 3.80. The van der Waals surface area contributed by atoms with Gasteiger partial charge in [-0.25, -0.2) is 4.98 Å². The van der Waals surface area contributed by atoms with Gasteiger partial charge in [-0.1, -0.05) is 24.3 Å². The molecule has 1 heterocycles. The molecule has 0 aliphatic rings. The van der Waals surface area contributed by atoms with Gasteiger partial charge in [-0.15, -0.1) is 0 Å². The van der Waals surface area contributed by atoms with Gasteiger partial charge in [0.05, 0.1) is 18.1 Å². The van der Waals surface area contributed by atoms with Gasteiger partial charge in [0.2, 0.25) is 0 Å². The summed E-state index contributed by atoms with van der Waals surface area (Å²) in [5.41, 5.74) is 9.40. The first-order chi connectivity index (χ1) is 7.18. The van der Waals surface area contributed by atoms with Crippen molar-refractivity contribution >= 4 is 0 Å². The van der Waals surface area contributed by atoms with Gasteiger partial charge < -0.3 is 10.3 Å². The highest BCUT2D eigenvalue weighted by molar-refractivity contribution is 5.33. The summed E-state index contributed by atoms with van der Waals surface area (Å²) in [6.45, 7) is 2.07. The normalized spacial score (nSPS) is 12.7. The maximum Gasteiger partial charge on any atom is 0.0947 e. The highest BCUT2D eigenvalue weighted by atomic mass is 15.0.